The van der Waals surface area contributed by atoms with Gasteiger partial charge in [-0.25, -0.2) is 0 Å². The molecular weight excluding hydrogens is 310 g/mol. The van der Waals surface area contributed by atoms with Crippen LogP contribution in [-0.2, 0) is 0 Å². The first-order valence-electron chi connectivity index (χ1n) is 5.97. The van der Waals surface area contributed by atoms with Crippen molar-refractivity contribution in [1.82, 2.24) is 0 Å². The van der Waals surface area contributed by atoms with Crippen molar-refractivity contribution in [1.29, 1.82) is 0 Å². The van der Waals surface area contributed by atoms with Gasteiger partial charge in [0.05, 0.1) is 6.04 Å². The molecule has 0 amide bonds. The summed E-state index contributed by atoms with van der Waals surface area (Å²) < 4.78 is 1.07. The number of nitrogens with one attached hydrogen (secondary N) is 1. The Labute approximate surface area is 121 Å². The first-order valence-corrected chi connectivity index (χ1v) is 7.14. The molecule has 2 aromatic carbocycles. The van der Waals surface area contributed by atoms with Crippen LogP contribution in [0.25, 0.3) is 0 Å². The summed E-state index contributed by atoms with van der Waals surface area (Å²) in [4.78, 5) is 0. The van der Waals surface area contributed by atoms with Gasteiger partial charge in [0.15, 0.2) is 0 Å². The van der Waals surface area contributed by atoms with Crippen molar-refractivity contribution in [2.24, 2.45) is 0 Å². The highest BCUT2D eigenvalue weighted by Gasteiger charge is 2.10. The Bertz CT molecular complexity index is 527. The summed E-state index contributed by atoms with van der Waals surface area (Å²) >= 11 is 9.60. The Hall–Kier alpha value is -0.990. The van der Waals surface area contributed by atoms with Crippen molar-refractivity contribution in [2.75, 3.05) is 5.32 Å². The fourth-order valence-corrected chi connectivity index (χ4v) is 2.51. The molecule has 0 spiro atoms. The van der Waals surface area contributed by atoms with Gasteiger partial charge in [-0.05, 0) is 52.2 Å². The molecule has 2 rings (SSSR count). The van der Waals surface area contributed by atoms with E-state index in [9.17, 15) is 0 Å². The second-order valence-electron chi connectivity index (χ2n) is 4.14. The molecule has 0 aliphatic heterocycles. The van der Waals surface area contributed by atoms with Crippen LogP contribution in [0.3, 0.4) is 0 Å². The molecule has 0 bridgehead atoms. The van der Waals surface area contributed by atoms with E-state index in [1.165, 1.54) is 5.56 Å². The first kappa shape index (κ1) is 13.4. The van der Waals surface area contributed by atoms with Gasteiger partial charge >= 0.3 is 0 Å². The van der Waals surface area contributed by atoms with Crippen molar-refractivity contribution in [3.05, 3.63) is 63.6 Å². The minimum Gasteiger partial charge on any atom is -0.377 e. The highest BCUT2D eigenvalue weighted by atomic mass is 79.9. The van der Waals surface area contributed by atoms with Crippen LogP contribution in [0.1, 0.15) is 24.9 Å². The van der Waals surface area contributed by atoms with E-state index >= 15 is 0 Å². The van der Waals surface area contributed by atoms with Gasteiger partial charge in [-0.3, -0.25) is 0 Å². The Balaban J connectivity index is 2.23. The fraction of sp³-hybridized carbons (Fsp3) is 0.200. The molecule has 0 heterocycles. The fourth-order valence-electron chi connectivity index (χ4n) is 1.91. The molecule has 1 N–H and O–H groups in total. The van der Waals surface area contributed by atoms with Crippen molar-refractivity contribution >= 4 is 33.2 Å². The summed E-state index contributed by atoms with van der Waals surface area (Å²) in [5.74, 6) is 0. The zero-order valence-corrected chi connectivity index (χ0v) is 12.5. The molecule has 0 aliphatic carbocycles. The van der Waals surface area contributed by atoms with Crippen LogP contribution in [-0.4, -0.2) is 0 Å². The monoisotopic (exact) mass is 323 g/mol. The topological polar surface area (TPSA) is 12.0 Å². The van der Waals surface area contributed by atoms with Gasteiger partial charge in [0, 0.05) is 15.2 Å². The van der Waals surface area contributed by atoms with Crippen LogP contribution in [0.15, 0.2) is 53.0 Å². The molecule has 1 atom stereocenters. The lowest BCUT2D eigenvalue weighted by Crippen LogP contribution is -2.09. The number of benzene rings is 2. The van der Waals surface area contributed by atoms with E-state index in [1.807, 2.05) is 36.4 Å². The third-order valence-corrected chi connectivity index (χ3v) is 3.79. The molecule has 3 heteroatoms. The Kier molecular flexibility index (Phi) is 4.67. The van der Waals surface area contributed by atoms with Gasteiger partial charge in [-0.2, -0.15) is 0 Å². The van der Waals surface area contributed by atoms with E-state index in [2.05, 4.69) is 40.3 Å². The average molecular weight is 325 g/mol. The van der Waals surface area contributed by atoms with Gasteiger partial charge in [-0.15, -0.1) is 0 Å². The third-order valence-electron chi connectivity index (χ3n) is 2.86. The van der Waals surface area contributed by atoms with Crippen LogP contribution in [0.2, 0.25) is 5.02 Å². The molecule has 1 unspecified atom stereocenters. The lowest BCUT2D eigenvalue weighted by atomic mass is 10.0. The number of hydrogen-bond acceptors (Lipinski definition) is 1. The van der Waals surface area contributed by atoms with E-state index in [-0.39, 0.29) is 6.04 Å². The van der Waals surface area contributed by atoms with Crippen LogP contribution in [0.5, 0.6) is 0 Å². The molecule has 0 aliphatic rings. The minimum absolute atomic E-state index is 0.266. The summed E-state index contributed by atoms with van der Waals surface area (Å²) in [6.07, 6.45) is 1.00. The van der Waals surface area contributed by atoms with Gasteiger partial charge in [-0.1, -0.05) is 42.8 Å². The normalized spacial score (nSPS) is 12.2. The van der Waals surface area contributed by atoms with Crippen molar-refractivity contribution in [2.45, 2.75) is 19.4 Å². The molecule has 0 saturated carbocycles. The van der Waals surface area contributed by atoms with Crippen LogP contribution < -0.4 is 5.32 Å². The number of anilines is 1. The lowest BCUT2D eigenvalue weighted by Gasteiger charge is -2.20. The molecule has 0 radical (unpaired) electrons. The van der Waals surface area contributed by atoms with Crippen LogP contribution in [0.4, 0.5) is 5.69 Å². The molecular formula is C15H15BrClN. The first-order chi connectivity index (χ1) is 8.70. The molecule has 2 aromatic rings. The largest absolute Gasteiger partial charge is 0.377 e. The average Bonchev–Trinajstić information content (AvgIpc) is 2.38. The van der Waals surface area contributed by atoms with Gasteiger partial charge in [0.1, 0.15) is 0 Å². The molecule has 0 fully saturated rings. The SMILES string of the molecule is CCC(Nc1ccccc1Br)c1cccc(Cl)c1. The highest BCUT2D eigenvalue weighted by Crippen LogP contribution is 2.28. The summed E-state index contributed by atoms with van der Waals surface area (Å²) in [7, 11) is 0. The van der Waals surface area contributed by atoms with Crippen molar-refractivity contribution < 1.29 is 0 Å². The molecule has 1 nitrogen and oxygen atoms in total. The van der Waals surface area contributed by atoms with Crippen molar-refractivity contribution in [3.63, 3.8) is 0 Å². The number of rotatable bonds is 4. The van der Waals surface area contributed by atoms with E-state index in [4.69, 9.17) is 11.6 Å². The summed E-state index contributed by atoms with van der Waals surface area (Å²) in [5, 5.41) is 4.31. The van der Waals surface area contributed by atoms with E-state index in [0.29, 0.717) is 0 Å². The second-order valence-corrected chi connectivity index (χ2v) is 5.43. The van der Waals surface area contributed by atoms with E-state index in [0.717, 1.165) is 21.6 Å². The summed E-state index contributed by atoms with van der Waals surface area (Å²) in [6.45, 7) is 2.16. The van der Waals surface area contributed by atoms with Crippen LogP contribution in [0, 0.1) is 0 Å². The van der Waals surface area contributed by atoms with Crippen LogP contribution >= 0.6 is 27.5 Å². The molecule has 94 valence electrons. The van der Waals surface area contributed by atoms with E-state index < -0.39 is 0 Å². The highest BCUT2D eigenvalue weighted by molar-refractivity contribution is 9.10. The molecule has 18 heavy (non-hydrogen) atoms. The zero-order valence-electron chi connectivity index (χ0n) is 10.2. The standard InChI is InChI=1S/C15H15BrClN/c1-2-14(11-6-5-7-12(17)10-11)18-15-9-4-3-8-13(15)16/h3-10,14,18H,2H2,1H3. The lowest BCUT2D eigenvalue weighted by molar-refractivity contribution is 0.749. The van der Waals surface area contributed by atoms with Crippen molar-refractivity contribution in [3.8, 4) is 0 Å². The Morgan fingerprint density at radius 3 is 2.61 bits per heavy atom. The minimum atomic E-state index is 0.266. The number of hydrogen-bond donors (Lipinski definition) is 1. The maximum Gasteiger partial charge on any atom is 0.0512 e. The number of halogens is 2. The summed E-state index contributed by atoms with van der Waals surface area (Å²) in [6, 6.07) is 16.4. The predicted molar refractivity (Wildman–Crippen MR) is 82.2 cm³/mol. The maximum atomic E-state index is 6.04. The zero-order chi connectivity index (χ0) is 13.0. The quantitative estimate of drug-likeness (QED) is 0.764. The smallest absolute Gasteiger partial charge is 0.0512 e. The maximum absolute atomic E-state index is 6.04. The third kappa shape index (κ3) is 3.27. The molecule has 0 saturated heterocycles. The van der Waals surface area contributed by atoms with Gasteiger partial charge < -0.3 is 5.32 Å². The van der Waals surface area contributed by atoms with Gasteiger partial charge in [0.2, 0.25) is 0 Å². The summed E-state index contributed by atoms with van der Waals surface area (Å²) in [5.41, 5.74) is 2.31. The molecule has 0 aromatic heterocycles. The predicted octanol–water partition coefficient (Wildman–Crippen LogP) is 5.67. The Morgan fingerprint density at radius 2 is 1.94 bits per heavy atom. The second kappa shape index (κ2) is 6.26. The number of para-hydroxylation sites is 1. The van der Waals surface area contributed by atoms with Gasteiger partial charge in [0.25, 0.3) is 0 Å². The van der Waals surface area contributed by atoms with E-state index in [1.54, 1.807) is 0 Å². The Morgan fingerprint density at radius 1 is 1.17 bits per heavy atom.